The molecule has 1 aliphatic heterocycles. The van der Waals surface area contributed by atoms with Gasteiger partial charge in [-0.1, -0.05) is 37.3 Å². The molecule has 4 atom stereocenters. The highest BCUT2D eigenvalue weighted by Gasteiger charge is 2.70. The first-order valence-electron chi connectivity index (χ1n) is 10.2. The number of aliphatic hydroxyl groups excluding tert-OH is 1. The zero-order chi connectivity index (χ0) is 19.6. The molecule has 2 aliphatic rings. The molecule has 1 aromatic carbocycles. The Labute approximate surface area is 165 Å². The maximum atomic E-state index is 12.0. The van der Waals surface area contributed by atoms with Crippen LogP contribution >= 0.6 is 0 Å². The number of β-amino-alcohol motifs (C(OH)–C–C–N with tert-alkyl or cyclic N) is 1. The molecule has 1 amide bonds. The summed E-state index contributed by atoms with van der Waals surface area (Å²) in [6.45, 7) is 5.83. The fourth-order valence-corrected chi connectivity index (χ4v) is 5.00. The van der Waals surface area contributed by atoms with E-state index in [1.165, 1.54) is 5.56 Å². The Balaban J connectivity index is 1.46. The number of rotatable bonds is 8. The number of nitrogens with zero attached hydrogens (tertiary/aromatic N) is 4. The molecule has 2 heterocycles. The van der Waals surface area contributed by atoms with E-state index < -0.39 is 0 Å². The second-order valence-corrected chi connectivity index (χ2v) is 8.11. The SMILES string of the molecule is CCCC(=O)NC[C@@H]1[C@@H](c2ccccc2)[C@]12CN(CCn1cnnc1)C[C@@H]2O. The second-order valence-electron chi connectivity index (χ2n) is 8.11. The highest BCUT2D eigenvalue weighted by atomic mass is 16.3. The summed E-state index contributed by atoms with van der Waals surface area (Å²) in [6.07, 6.45) is 4.47. The highest BCUT2D eigenvalue weighted by molar-refractivity contribution is 5.75. The van der Waals surface area contributed by atoms with Crippen molar-refractivity contribution < 1.29 is 9.90 Å². The van der Waals surface area contributed by atoms with Gasteiger partial charge in [0.15, 0.2) is 0 Å². The van der Waals surface area contributed by atoms with Crippen molar-refractivity contribution >= 4 is 5.91 Å². The van der Waals surface area contributed by atoms with E-state index in [0.29, 0.717) is 19.5 Å². The van der Waals surface area contributed by atoms with E-state index in [1.807, 2.05) is 17.6 Å². The predicted octanol–water partition coefficient (Wildman–Crippen LogP) is 1.27. The Morgan fingerprint density at radius 1 is 1.25 bits per heavy atom. The van der Waals surface area contributed by atoms with Crippen molar-refractivity contribution in [2.24, 2.45) is 11.3 Å². The largest absolute Gasteiger partial charge is 0.391 e. The molecule has 7 heteroatoms. The molecular formula is C21H29N5O2. The van der Waals surface area contributed by atoms with Gasteiger partial charge < -0.3 is 15.0 Å². The minimum atomic E-state index is -0.383. The van der Waals surface area contributed by atoms with Crippen molar-refractivity contribution in [3.63, 3.8) is 0 Å². The fraction of sp³-hybridized carbons (Fsp3) is 0.571. The van der Waals surface area contributed by atoms with Crippen LogP contribution in [0.4, 0.5) is 0 Å². The molecule has 1 aromatic heterocycles. The standard InChI is InChI=1S/C21H29N5O2/c1-2-6-19(28)22-11-17-20(16-7-4-3-5-8-16)21(17)13-25(12-18(21)27)9-10-26-14-23-24-15-26/h3-5,7-8,14-15,17-18,20,27H,2,6,9-13H2,1H3,(H,22,28)/t17-,18+,20-,21-/m1/s1. The summed E-state index contributed by atoms with van der Waals surface area (Å²) in [7, 11) is 0. The average molecular weight is 383 g/mol. The zero-order valence-electron chi connectivity index (χ0n) is 16.4. The van der Waals surface area contributed by atoms with Crippen LogP contribution in [0.15, 0.2) is 43.0 Å². The Morgan fingerprint density at radius 2 is 2.00 bits per heavy atom. The van der Waals surface area contributed by atoms with Crippen molar-refractivity contribution in [2.75, 3.05) is 26.2 Å². The molecule has 0 bridgehead atoms. The highest BCUT2D eigenvalue weighted by Crippen LogP contribution is 2.68. The predicted molar refractivity (Wildman–Crippen MR) is 105 cm³/mol. The number of likely N-dealkylation sites (tertiary alicyclic amines) is 1. The van der Waals surface area contributed by atoms with Gasteiger partial charge in [-0.25, -0.2) is 0 Å². The van der Waals surface area contributed by atoms with E-state index in [4.69, 9.17) is 0 Å². The van der Waals surface area contributed by atoms with Gasteiger partial charge >= 0.3 is 0 Å². The molecule has 2 fully saturated rings. The van der Waals surface area contributed by atoms with Gasteiger partial charge in [-0.2, -0.15) is 0 Å². The normalized spacial score (nSPS) is 29.3. The van der Waals surface area contributed by atoms with Crippen LogP contribution in [-0.4, -0.2) is 63.0 Å². The first kappa shape index (κ1) is 19.1. The van der Waals surface area contributed by atoms with Crippen LogP contribution in [0.25, 0.3) is 0 Å². The minimum Gasteiger partial charge on any atom is -0.391 e. The summed E-state index contributed by atoms with van der Waals surface area (Å²) >= 11 is 0. The van der Waals surface area contributed by atoms with Gasteiger partial charge in [0.2, 0.25) is 5.91 Å². The number of hydrogen-bond acceptors (Lipinski definition) is 5. The lowest BCUT2D eigenvalue weighted by atomic mass is 9.95. The van der Waals surface area contributed by atoms with Gasteiger partial charge in [0.1, 0.15) is 12.7 Å². The lowest BCUT2D eigenvalue weighted by molar-refractivity contribution is -0.121. The molecule has 2 aromatic rings. The van der Waals surface area contributed by atoms with Gasteiger partial charge in [-0.15, -0.1) is 10.2 Å². The lowest BCUT2D eigenvalue weighted by Crippen LogP contribution is -2.30. The molecule has 0 unspecified atom stereocenters. The number of amides is 1. The zero-order valence-corrected chi connectivity index (χ0v) is 16.4. The second kappa shape index (κ2) is 8.01. The summed E-state index contributed by atoms with van der Waals surface area (Å²) in [5, 5.41) is 21.8. The molecule has 1 aliphatic carbocycles. The number of carbonyl (C=O) groups is 1. The van der Waals surface area contributed by atoms with Gasteiger partial charge in [0.25, 0.3) is 0 Å². The molecule has 0 radical (unpaired) electrons. The minimum absolute atomic E-state index is 0.105. The Hall–Kier alpha value is -2.25. The van der Waals surface area contributed by atoms with Crippen LogP contribution in [-0.2, 0) is 11.3 Å². The Kier molecular flexibility index (Phi) is 5.46. The van der Waals surface area contributed by atoms with Crippen molar-refractivity contribution in [3.8, 4) is 0 Å². The molecule has 1 saturated carbocycles. The van der Waals surface area contributed by atoms with Crippen LogP contribution in [0.2, 0.25) is 0 Å². The molecule has 7 nitrogen and oxygen atoms in total. The van der Waals surface area contributed by atoms with E-state index >= 15 is 0 Å². The topological polar surface area (TPSA) is 83.3 Å². The van der Waals surface area contributed by atoms with Gasteiger partial charge in [-0.05, 0) is 23.8 Å². The maximum absolute atomic E-state index is 12.0. The van der Waals surface area contributed by atoms with E-state index in [9.17, 15) is 9.90 Å². The average Bonchev–Trinajstić information content (AvgIpc) is 2.99. The van der Waals surface area contributed by atoms with E-state index in [-0.39, 0.29) is 29.3 Å². The first-order valence-corrected chi connectivity index (χ1v) is 10.2. The Morgan fingerprint density at radius 3 is 2.71 bits per heavy atom. The smallest absolute Gasteiger partial charge is 0.219 e. The molecule has 1 saturated heterocycles. The monoisotopic (exact) mass is 383 g/mol. The van der Waals surface area contributed by atoms with Gasteiger partial charge in [0, 0.05) is 44.6 Å². The van der Waals surface area contributed by atoms with E-state index in [1.54, 1.807) is 12.7 Å². The molecule has 2 N–H and O–H groups in total. The van der Waals surface area contributed by atoms with Crippen LogP contribution < -0.4 is 5.32 Å². The van der Waals surface area contributed by atoms with Crippen molar-refractivity contribution in [1.82, 2.24) is 25.0 Å². The van der Waals surface area contributed by atoms with Crippen LogP contribution in [0.5, 0.6) is 0 Å². The third-order valence-corrected chi connectivity index (χ3v) is 6.41. The number of benzene rings is 1. The Bertz CT molecular complexity index is 781. The molecule has 28 heavy (non-hydrogen) atoms. The lowest BCUT2D eigenvalue weighted by Gasteiger charge is -2.17. The number of carbonyl (C=O) groups excluding carboxylic acids is 1. The van der Waals surface area contributed by atoms with Crippen LogP contribution in [0.3, 0.4) is 0 Å². The van der Waals surface area contributed by atoms with Crippen molar-refractivity contribution in [2.45, 2.75) is 38.3 Å². The number of nitrogens with one attached hydrogen (secondary N) is 1. The number of aliphatic hydroxyl groups is 1. The van der Waals surface area contributed by atoms with Crippen molar-refractivity contribution in [1.29, 1.82) is 0 Å². The van der Waals surface area contributed by atoms with Gasteiger partial charge in [-0.3, -0.25) is 9.69 Å². The first-order chi connectivity index (χ1) is 13.6. The van der Waals surface area contributed by atoms with E-state index in [0.717, 1.165) is 26.1 Å². The third kappa shape index (κ3) is 3.56. The molecule has 4 rings (SSSR count). The summed E-state index contributed by atoms with van der Waals surface area (Å²) < 4.78 is 1.96. The number of hydrogen-bond donors (Lipinski definition) is 2. The molecule has 1 spiro atoms. The maximum Gasteiger partial charge on any atom is 0.219 e. The van der Waals surface area contributed by atoms with Crippen LogP contribution in [0, 0.1) is 11.3 Å². The summed E-state index contributed by atoms with van der Waals surface area (Å²) in [4.78, 5) is 14.3. The molecular weight excluding hydrogens is 354 g/mol. The fourth-order valence-electron chi connectivity index (χ4n) is 5.00. The third-order valence-electron chi connectivity index (χ3n) is 6.41. The summed E-state index contributed by atoms with van der Waals surface area (Å²) in [6, 6.07) is 10.4. The van der Waals surface area contributed by atoms with E-state index in [2.05, 4.69) is 44.7 Å². The van der Waals surface area contributed by atoms with Crippen LogP contribution in [0.1, 0.15) is 31.2 Å². The quantitative estimate of drug-likeness (QED) is 0.717. The van der Waals surface area contributed by atoms with Crippen molar-refractivity contribution in [3.05, 3.63) is 48.5 Å². The number of aromatic nitrogens is 3. The molecule has 150 valence electrons. The summed E-state index contributed by atoms with van der Waals surface area (Å²) in [5.41, 5.74) is 1.09. The summed E-state index contributed by atoms with van der Waals surface area (Å²) in [5.74, 6) is 0.657. The van der Waals surface area contributed by atoms with Gasteiger partial charge in [0.05, 0.1) is 6.10 Å².